The van der Waals surface area contributed by atoms with E-state index in [1.165, 1.54) is 0 Å². The number of hydrogen-bond donors (Lipinski definition) is 1. The highest BCUT2D eigenvalue weighted by Gasteiger charge is 2.42. The van der Waals surface area contributed by atoms with Crippen molar-refractivity contribution in [1.82, 2.24) is 9.80 Å². The highest BCUT2D eigenvalue weighted by molar-refractivity contribution is 9.10. The van der Waals surface area contributed by atoms with Gasteiger partial charge in [0.1, 0.15) is 0 Å². The van der Waals surface area contributed by atoms with Crippen molar-refractivity contribution < 1.29 is 14.7 Å². The molecule has 114 valence electrons. The van der Waals surface area contributed by atoms with Gasteiger partial charge in [0.05, 0.1) is 5.41 Å². The molecule has 0 aromatic heterocycles. The molecule has 21 heavy (non-hydrogen) atoms. The number of benzene rings is 1. The first kappa shape index (κ1) is 15.8. The zero-order valence-corrected chi connectivity index (χ0v) is 13.8. The minimum atomic E-state index is -0.840. The fraction of sp³-hybridized carbons (Fsp3) is 0.467. The maximum atomic E-state index is 12.4. The number of carbonyl (C=O) groups excluding carboxylic acids is 1. The van der Waals surface area contributed by atoms with Crippen molar-refractivity contribution in [2.24, 2.45) is 5.41 Å². The molecule has 0 aliphatic carbocycles. The Bertz CT molecular complexity index is 564. The van der Waals surface area contributed by atoms with Crippen LogP contribution >= 0.6 is 15.9 Å². The van der Waals surface area contributed by atoms with E-state index in [-0.39, 0.29) is 12.6 Å². The van der Waals surface area contributed by atoms with Crippen molar-refractivity contribution in [3.63, 3.8) is 0 Å². The van der Waals surface area contributed by atoms with E-state index in [0.29, 0.717) is 19.5 Å². The Morgan fingerprint density at radius 1 is 1.48 bits per heavy atom. The average molecular weight is 355 g/mol. The molecule has 1 aromatic rings. The summed E-state index contributed by atoms with van der Waals surface area (Å²) in [4.78, 5) is 26.9. The topological polar surface area (TPSA) is 60.9 Å². The highest BCUT2D eigenvalue weighted by Crippen LogP contribution is 2.30. The van der Waals surface area contributed by atoms with E-state index >= 15 is 0 Å². The predicted octanol–water partition coefficient (Wildman–Crippen LogP) is 2.80. The van der Waals surface area contributed by atoms with E-state index in [9.17, 15) is 14.7 Å². The Labute approximate surface area is 132 Å². The van der Waals surface area contributed by atoms with Crippen molar-refractivity contribution in [3.05, 3.63) is 34.3 Å². The molecule has 1 fully saturated rings. The lowest BCUT2D eigenvalue weighted by Crippen LogP contribution is -2.41. The number of likely N-dealkylation sites (tertiary alicyclic amines) is 1. The second kappa shape index (κ2) is 6.05. The molecule has 2 rings (SSSR count). The van der Waals surface area contributed by atoms with Crippen LogP contribution in [-0.4, -0.2) is 47.0 Å². The molecule has 0 spiro atoms. The number of hydrogen-bond acceptors (Lipinski definition) is 2. The molecule has 1 heterocycles. The second-order valence-electron chi connectivity index (χ2n) is 5.81. The highest BCUT2D eigenvalue weighted by atomic mass is 79.9. The van der Waals surface area contributed by atoms with E-state index < -0.39 is 11.4 Å². The van der Waals surface area contributed by atoms with E-state index in [0.717, 1.165) is 10.0 Å². The van der Waals surface area contributed by atoms with Crippen LogP contribution < -0.4 is 0 Å². The van der Waals surface area contributed by atoms with Crippen LogP contribution in [0.3, 0.4) is 0 Å². The number of carboxylic acid groups (broad SMARTS) is 1. The van der Waals surface area contributed by atoms with Gasteiger partial charge in [-0.1, -0.05) is 28.1 Å². The Hall–Kier alpha value is -1.56. The molecule has 0 bridgehead atoms. The van der Waals surface area contributed by atoms with Gasteiger partial charge in [0.2, 0.25) is 0 Å². The number of amides is 2. The van der Waals surface area contributed by atoms with E-state index in [2.05, 4.69) is 15.9 Å². The van der Waals surface area contributed by atoms with Crippen molar-refractivity contribution in [2.75, 3.05) is 20.1 Å². The van der Waals surface area contributed by atoms with Crippen LogP contribution in [0.4, 0.5) is 4.79 Å². The molecule has 5 nitrogen and oxygen atoms in total. The monoisotopic (exact) mass is 354 g/mol. The van der Waals surface area contributed by atoms with Gasteiger partial charge >= 0.3 is 12.0 Å². The number of aliphatic carboxylic acids is 1. The smallest absolute Gasteiger partial charge is 0.320 e. The third-order valence-corrected chi connectivity index (χ3v) is 4.39. The van der Waals surface area contributed by atoms with Gasteiger partial charge in [-0.3, -0.25) is 4.79 Å². The summed E-state index contributed by atoms with van der Waals surface area (Å²) >= 11 is 3.41. The van der Waals surface area contributed by atoms with Gasteiger partial charge in [-0.15, -0.1) is 0 Å². The molecule has 1 atom stereocenters. The lowest BCUT2D eigenvalue weighted by molar-refractivity contribution is -0.147. The second-order valence-corrected chi connectivity index (χ2v) is 6.72. The molecular weight excluding hydrogens is 336 g/mol. The van der Waals surface area contributed by atoms with Gasteiger partial charge in [0.15, 0.2) is 0 Å². The van der Waals surface area contributed by atoms with E-state index in [1.807, 2.05) is 24.3 Å². The minimum Gasteiger partial charge on any atom is -0.481 e. The van der Waals surface area contributed by atoms with Crippen LogP contribution in [0.5, 0.6) is 0 Å². The number of urea groups is 1. The van der Waals surface area contributed by atoms with E-state index in [4.69, 9.17) is 0 Å². The zero-order chi connectivity index (χ0) is 15.6. The first-order valence-corrected chi connectivity index (χ1v) is 7.59. The van der Waals surface area contributed by atoms with Gasteiger partial charge in [0.25, 0.3) is 0 Å². The van der Waals surface area contributed by atoms with Crippen LogP contribution in [0.25, 0.3) is 0 Å². The molecular formula is C15H19BrN2O3. The Balaban J connectivity index is 1.99. The van der Waals surface area contributed by atoms with Gasteiger partial charge in [0, 0.05) is 31.2 Å². The van der Waals surface area contributed by atoms with Crippen molar-refractivity contribution >= 4 is 27.9 Å². The first-order chi connectivity index (χ1) is 9.82. The Morgan fingerprint density at radius 3 is 2.76 bits per heavy atom. The van der Waals surface area contributed by atoms with Gasteiger partial charge in [-0.05, 0) is 31.0 Å². The molecule has 0 saturated carbocycles. The normalized spacial score (nSPS) is 21.4. The van der Waals surface area contributed by atoms with Crippen LogP contribution in [-0.2, 0) is 11.3 Å². The first-order valence-electron chi connectivity index (χ1n) is 6.80. The van der Waals surface area contributed by atoms with Crippen LogP contribution in [0, 0.1) is 5.41 Å². The number of nitrogens with zero attached hydrogens (tertiary/aromatic N) is 2. The summed E-state index contributed by atoms with van der Waals surface area (Å²) in [5, 5.41) is 9.22. The summed E-state index contributed by atoms with van der Waals surface area (Å²) in [6.07, 6.45) is 0.499. The number of halogens is 1. The number of carbonyl (C=O) groups is 2. The standard InChI is InChI=1S/C15H19BrN2O3/c1-15(13(19)20)6-7-18(10-15)14(21)17(2)9-11-4-3-5-12(16)8-11/h3-5,8H,6-7,9-10H2,1-2H3,(H,19,20). The molecule has 1 saturated heterocycles. The average Bonchev–Trinajstić information content (AvgIpc) is 2.82. The lowest BCUT2D eigenvalue weighted by Gasteiger charge is -2.26. The summed E-state index contributed by atoms with van der Waals surface area (Å²) in [6.45, 7) is 2.95. The van der Waals surface area contributed by atoms with Crippen molar-refractivity contribution in [1.29, 1.82) is 0 Å². The SMILES string of the molecule is CN(Cc1cccc(Br)c1)C(=O)N1CCC(C)(C(=O)O)C1. The minimum absolute atomic E-state index is 0.125. The summed E-state index contributed by atoms with van der Waals surface area (Å²) in [5.41, 5.74) is 0.201. The third-order valence-electron chi connectivity index (χ3n) is 3.90. The fourth-order valence-corrected chi connectivity index (χ4v) is 2.96. The Morgan fingerprint density at radius 2 is 2.19 bits per heavy atom. The molecule has 1 N–H and O–H groups in total. The molecule has 0 radical (unpaired) electrons. The van der Waals surface area contributed by atoms with Crippen LogP contribution in [0.1, 0.15) is 18.9 Å². The van der Waals surface area contributed by atoms with E-state index in [1.54, 1.807) is 23.8 Å². The molecule has 2 amide bonds. The van der Waals surface area contributed by atoms with Crippen molar-refractivity contribution in [3.8, 4) is 0 Å². The summed E-state index contributed by atoms with van der Waals surface area (Å²) in [7, 11) is 1.74. The van der Waals surface area contributed by atoms with Crippen LogP contribution in [0.15, 0.2) is 28.7 Å². The summed E-state index contributed by atoms with van der Waals surface area (Å²) in [5.74, 6) is -0.840. The molecule has 1 aliphatic heterocycles. The fourth-order valence-electron chi connectivity index (χ4n) is 2.52. The largest absolute Gasteiger partial charge is 0.481 e. The maximum Gasteiger partial charge on any atom is 0.320 e. The predicted molar refractivity (Wildman–Crippen MR) is 82.9 cm³/mol. The third kappa shape index (κ3) is 3.56. The van der Waals surface area contributed by atoms with Crippen molar-refractivity contribution in [2.45, 2.75) is 19.9 Å². The summed E-state index contributed by atoms with van der Waals surface area (Å²) < 4.78 is 0.973. The van der Waals surface area contributed by atoms with Crippen LogP contribution in [0.2, 0.25) is 0 Å². The molecule has 1 unspecified atom stereocenters. The maximum absolute atomic E-state index is 12.4. The van der Waals surface area contributed by atoms with Gasteiger partial charge < -0.3 is 14.9 Å². The van der Waals surface area contributed by atoms with Gasteiger partial charge in [-0.2, -0.15) is 0 Å². The summed E-state index contributed by atoms with van der Waals surface area (Å²) in [6, 6.07) is 7.66. The quantitative estimate of drug-likeness (QED) is 0.907. The number of carboxylic acids is 1. The molecule has 1 aliphatic rings. The Kier molecular flexibility index (Phi) is 4.56. The lowest BCUT2D eigenvalue weighted by atomic mass is 9.90. The molecule has 1 aromatic carbocycles. The van der Waals surface area contributed by atoms with Gasteiger partial charge in [-0.25, -0.2) is 4.79 Å². The zero-order valence-electron chi connectivity index (χ0n) is 12.2. The molecule has 6 heteroatoms. The number of rotatable bonds is 3.